The summed E-state index contributed by atoms with van der Waals surface area (Å²) in [4.78, 5) is 0. The largest absolute Gasteiger partial charge is 0.390 e. The van der Waals surface area contributed by atoms with Gasteiger partial charge in [-0.15, -0.1) is 0 Å². The van der Waals surface area contributed by atoms with E-state index in [0.717, 1.165) is 25.7 Å². The van der Waals surface area contributed by atoms with Crippen molar-refractivity contribution >= 4 is 0 Å². The third-order valence-corrected chi connectivity index (χ3v) is 3.17. The van der Waals surface area contributed by atoms with Crippen molar-refractivity contribution in [2.45, 2.75) is 64.1 Å². The Morgan fingerprint density at radius 1 is 1.38 bits per heavy atom. The molecule has 0 spiro atoms. The van der Waals surface area contributed by atoms with Gasteiger partial charge in [0.2, 0.25) is 0 Å². The van der Waals surface area contributed by atoms with E-state index in [1.807, 2.05) is 6.92 Å². The van der Waals surface area contributed by atoms with Crippen LogP contribution in [0.5, 0.6) is 0 Å². The quantitative estimate of drug-likeness (QED) is 0.667. The van der Waals surface area contributed by atoms with Gasteiger partial charge in [-0.25, -0.2) is 0 Å². The standard InChI is InChI=1S/C11H22O2/c1-3-5-7-9-8-11(9,13)10(12)6-4-2/h9-10,12-13H,3-8H2,1-2H3. The molecule has 0 amide bonds. The fourth-order valence-electron chi connectivity index (χ4n) is 2.07. The minimum atomic E-state index is -0.717. The van der Waals surface area contributed by atoms with Crippen molar-refractivity contribution in [2.75, 3.05) is 0 Å². The van der Waals surface area contributed by atoms with E-state index in [2.05, 4.69) is 6.92 Å². The average Bonchev–Trinajstić information content (AvgIpc) is 2.76. The summed E-state index contributed by atoms with van der Waals surface area (Å²) in [5, 5.41) is 19.6. The molecule has 78 valence electrons. The van der Waals surface area contributed by atoms with Crippen LogP contribution < -0.4 is 0 Å². The zero-order valence-corrected chi connectivity index (χ0v) is 8.79. The first-order chi connectivity index (χ1) is 6.15. The van der Waals surface area contributed by atoms with E-state index in [1.54, 1.807) is 0 Å². The molecule has 2 nitrogen and oxygen atoms in total. The van der Waals surface area contributed by atoms with Gasteiger partial charge in [-0.2, -0.15) is 0 Å². The highest BCUT2D eigenvalue weighted by Crippen LogP contribution is 2.49. The van der Waals surface area contributed by atoms with Gasteiger partial charge in [0.15, 0.2) is 0 Å². The van der Waals surface area contributed by atoms with Crippen LogP contribution >= 0.6 is 0 Å². The van der Waals surface area contributed by atoms with Gasteiger partial charge in [-0.05, 0) is 25.2 Å². The second-order valence-electron chi connectivity index (χ2n) is 4.34. The van der Waals surface area contributed by atoms with Gasteiger partial charge in [0, 0.05) is 0 Å². The van der Waals surface area contributed by atoms with Gasteiger partial charge in [0.1, 0.15) is 0 Å². The first kappa shape index (κ1) is 11.0. The molecule has 2 N–H and O–H groups in total. The summed E-state index contributed by atoms with van der Waals surface area (Å²) in [5.41, 5.74) is -0.717. The number of hydrogen-bond donors (Lipinski definition) is 2. The lowest BCUT2D eigenvalue weighted by Crippen LogP contribution is -2.29. The van der Waals surface area contributed by atoms with Crippen LogP contribution in [0.15, 0.2) is 0 Å². The number of aliphatic hydroxyl groups excluding tert-OH is 1. The van der Waals surface area contributed by atoms with Crippen LogP contribution in [-0.2, 0) is 0 Å². The monoisotopic (exact) mass is 186 g/mol. The van der Waals surface area contributed by atoms with E-state index in [-0.39, 0.29) is 0 Å². The van der Waals surface area contributed by atoms with Crippen LogP contribution in [0, 0.1) is 5.92 Å². The summed E-state index contributed by atoms with van der Waals surface area (Å²) in [5.74, 6) is 0.369. The fourth-order valence-corrected chi connectivity index (χ4v) is 2.07. The summed E-state index contributed by atoms with van der Waals surface area (Å²) in [6, 6.07) is 0. The van der Waals surface area contributed by atoms with E-state index < -0.39 is 11.7 Å². The molecule has 0 saturated heterocycles. The van der Waals surface area contributed by atoms with Crippen molar-refractivity contribution < 1.29 is 10.2 Å². The first-order valence-corrected chi connectivity index (χ1v) is 5.55. The Balaban J connectivity index is 2.26. The summed E-state index contributed by atoms with van der Waals surface area (Å²) < 4.78 is 0. The Bertz CT molecular complexity index is 158. The van der Waals surface area contributed by atoms with E-state index in [0.29, 0.717) is 5.92 Å². The van der Waals surface area contributed by atoms with Crippen LogP contribution in [0.4, 0.5) is 0 Å². The van der Waals surface area contributed by atoms with Crippen LogP contribution in [0.25, 0.3) is 0 Å². The van der Waals surface area contributed by atoms with E-state index in [9.17, 15) is 10.2 Å². The molecule has 1 aliphatic rings. The normalized spacial score (nSPS) is 34.6. The van der Waals surface area contributed by atoms with Crippen LogP contribution in [0.1, 0.15) is 52.4 Å². The second kappa shape index (κ2) is 4.43. The molecule has 2 heteroatoms. The molecule has 1 saturated carbocycles. The molecule has 1 rings (SSSR count). The first-order valence-electron chi connectivity index (χ1n) is 5.55. The second-order valence-corrected chi connectivity index (χ2v) is 4.34. The Morgan fingerprint density at radius 3 is 2.62 bits per heavy atom. The lowest BCUT2D eigenvalue weighted by atomic mass is 10.0. The van der Waals surface area contributed by atoms with Crippen molar-refractivity contribution in [3.8, 4) is 0 Å². The highest BCUT2D eigenvalue weighted by atomic mass is 16.3. The molecule has 0 aromatic carbocycles. The average molecular weight is 186 g/mol. The van der Waals surface area contributed by atoms with Crippen LogP contribution in [-0.4, -0.2) is 21.9 Å². The highest BCUT2D eigenvalue weighted by molar-refractivity contribution is 5.07. The van der Waals surface area contributed by atoms with E-state index >= 15 is 0 Å². The molecule has 0 bridgehead atoms. The maximum Gasteiger partial charge on any atom is 0.0938 e. The van der Waals surface area contributed by atoms with Gasteiger partial charge in [-0.1, -0.05) is 33.1 Å². The minimum Gasteiger partial charge on any atom is -0.390 e. The third-order valence-electron chi connectivity index (χ3n) is 3.17. The molecule has 0 aromatic heterocycles. The smallest absolute Gasteiger partial charge is 0.0938 e. The Hall–Kier alpha value is -0.0800. The Morgan fingerprint density at radius 2 is 2.08 bits per heavy atom. The van der Waals surface area contributed by atoms with Crippen molar-refractivity contribution in [3.05, 3.63) is 0 Å². The number of hydrogen-bond acceptors (Lipinski definition) is 2. The molecule has 3 atom stereocenters. The lowest BCUT2D eigenvalue weighted by Gasteiger charge is -2.17. The lowest BCUT2D eigenvalue weighted by molar-refractivity contribution is -0.0173. The van der Waals surface area contributed by atoms with Crippen molar-refractivity contribution in [3.63, 3.8) is 0 Å². The Labute approximate surface area is 81.0 Å². The van der Waals surface area contributed by atoms with Gasteiger partial charge in [0.25, 0.3) is 0 Å². The fraction of sp³-hybridized carbons (Fsp3) is 1.00. The summed E-state index contributed by atoms with van der Waals surface area (Å²) >= 11 is 0. The van der Waals surface area contributed by atoms with Gasteiger partial charge >= 0.3 is 0 Å². The van der Waals surface area contributed by atoms with Crippen LogP contribution in [0.2, 0.25) is 0 Å². The molecule has 3 unspecified atom stereocenters. The van der Waals surface area contributed by atoms with Gasteiger partial charge < -0.3 is 10.2 Å². The van der Waals surface area contributed by atoms with E-state index in [4.69, 9.17) is 0 Å². The molecule has 0 aliphatic heterocycles. The number of unbranched alkanes of at least 4 members (excludes halogenated alkanes) is 1. The maximum atomic E-state index is 9.96. The summed E-state index contributed by atoms with van der Waals surface area (Å²) in [6.07, 6.45) is 5.44. The zero-order valence-electron chi connectivity index (χ0n) is 8.79. The van der Waals surface area contributed by atoms with Crippen molar-refractivity contribution in [1.29, 1.82) is 0 Å². The topological polar surface area (TPSA) is 40.5 Å². The zero-order chi connectivity index (χ0) is 9.90. The van der Waals surface area contributed by atoms with Crippen molar-refractivity contribution in [1.82, 2.24) is 0 Å². The van der Waals surface area contributed by atoms with Crippen LogP contribution in [0.3, 0.4) is 0 Å². The molecule has 1 aliphatic carbocycles. The molecule has 0 radical (unpaired) electrons. The van der Waals surface area contributed by atoms with E-state index in [1.165, 1.54) is 12.8 Å². The molecule has 13 heavy (non-hydrogen) atoms. The molecule has 0 aromatic rings. The number of aliphatic hydroxyl groups is 2. The van der Waals surface area contributed by atoms with Crippen molar-refractivity contribution in [2.24, 2.45) is 5.92 Å². The predicted molar refractivity (Wildman–Crippen MR) is 53.5 cm³/mol. The number of rotatable bonds is 6. The summed E-state index contributed by atoms with van der Waals surface area (Å²) in [7, 11) is 0. The third kappa shape index (κ3) is 2.44. The van der Waals surface area contributed by atoms with Gasteiger partial charge in [-0.3, -0.25) is 0 Å². The predicted octanol–water partition coefficient (Wildman–Crippen LogP) is 2.09. The SMILES string of the molecule is CCCCC1CC1(O)C(O)CCC. The Kier molecular flexibility index (Phi) is 3.74. The molecular weight excluding hydrogens is 164 g/mol. The minimum absolute atomic E-state index is 0.369. The van der Waals surface area contributed by atoms with Gasteiger partial charge in [0.05, 0.1) is 11.7 Å². The molecule has 0 heterocycles. The summed E-state index contributed by atoms with van der Waals surface area (Å²) in [6.45, 7) is 4.19. The maximum absolute atomic E-state index is 9.96. The molecule has 1 fully saturated rings. The highest BCUT2D eigenvalue weighted by Gasteiger charge is 2.56. The molecular formula is C11H22O2.